The van der Waals surface area contributed by atoms with Crippen molar-refractivity contribution in [1.29, 1.82) is 0 Å². The standard InChI is InChI=1S/C15H24N2O2/c1-10(2)9-17(11(3)4)15(18)13-7-6-12(19-5)8-14(13)16/h6-8,10-11H,9,16H2,1-5H3. The third-order valence-electron chi connectivity index (χ3n) is 2.94. The van der Waals surface area contributed by atoms with Gasteiger partial charge in [-0.3, -0.25) is 4.79 Å². The molecule has 1 aromatic rings. The lowest BCUT2D eigenvalue weighted by atomic mass is 10.1. The van der Waals surface area contributed by atoms with Crippen molar-refractivity contribution in [1.82, 2.24) is 4.90 Å². The fraction of sp³-hybridized carbons (Fsp3) is 0.533. The molecule has 0 heterocycles. The summed E-state index contributed by atoms with van der Waals surface area (Å²) in [6, 6.07) is 5.32. The average Bonchev–Trinajstić information content (AvgIpc) is 2.34. The monoisotopic (exact) mass is 264 g/mol. The van der Waals surface area contributed by atoms with E-state index in [1.54, 1.807) is 25.3 Å². The SMILES string of the molecule is COc1ccc(C(=O)N(CC(C)C)C(C)C)c(N)c1. The lowest BCUT2D eigenvalue weighted by Gasteiger charge is -2.29. The van der Waals surface area contributed by atoms with Crippen molar-refractivity contribution in [3.63, 3.8) is 0 Å². The second kappa shape index (κ2) is 6.45. The van der Waals surface area contributed by atoms with Gasteiger partial charge in [-0.1, -0.05) is 13.8 Å². The zero-order valence-corrected chi connectivity index (χ0v) is 12.4. The highest BCUT2D eigenvalue weighted by atomic mass is 16.5. The van der Waals surface area contributed by atoms with Crippen molar-refractivity contribution in [2.75, 3.05) is 19.4 Å². The van der Waals surface area contributed by atoms with E-state index in [0.717, 1.165) is 6.54 Å². The second-order valence-electron chi connectivity index (χ2n) is 5.40. The van der Waals surface area contributed by atoms with Gasteiger partial charge in [-0.05, 0) is 31.9 Å². The number of nitrogens with two attached hydrogens (primary N) is 1. The normalized spacial score (nSPS) is 10.9. The number of ether oxygens (including phenoxy) is 1. The van der Waals surface area contributed by atoms with E-state index in [2.05, 4.69) is 13.8 Å². The molecular formula is C15H24N2O2. The first-order valence-corrected chi connectivity index (χ1v) is 6.61. The van der Waals surface area contributed by atoms with Crippen LogP contribution in [0.3, 0.4) is 0 Å². The molecule has 4 nitrogen and oxygen atoms in total. The van der Waals surface area contributed by atoms with E-state index >= 15 is 0 Å². The molecular weight excluding hydrogens is 240 g/mol. The zero-order valence-electron chi connectivity index (χ0n) is 12.4. The molecule has 2 N–H and O–H groups in total. The van der Waals surface area contributed by atoms with Gasteiger partial charge in [0.15, 0.2) is 0 Å². The minimum Gasteiger partial charge on any atom is -0.497 e. The number of nitrogens with zero attached hydrogens (tertiary/aromatic N) is 1. The molecule has 0 spiro atoms. The maximum Gasteiger partial charge on any atom is 0.256 e. The van der Waals surface area contributed by atoms with Gasteiger partial charge in [0.2, 0.25) is 0 Å². The van der Waals surface area contributed by atoms with Crippen molar-refractivity contribution in [2.24, 2.45) is 5.92 Å². The van der Waals surface area contributed by atoms with E-state index in [9.17, 15) is 4.79 Å². The molecule has 0 radical (unpaired) electrons. The Bertz CT molecular complexity index is 442. The van der Waals surface area contributed by atoms with E-state index in [1.807, 2.05) is 18.7 Å². The molecule has 0 aliphatic heterocycles. The fourth-order valence-corrected chi connectivity index (χ4v) is 1.94. The summed E-state index contributed by atoms with van der Waals surface area (Å²) < 4.78 is 5.10. The summed E-state index contributed by atoms with van der Waals surface area (Å²) in [4.78, 5) is 14.4. The number of nitrogen functional groups attached to an aromatic ring is 1. The third kappa shape index (κ3) is 3.88. The number of methoxy groups -OCH3 is 1. The highest BCUT2D eigenvalue weighted by Crippen LogP contribution is 2.22. The maximum atomic E-state index is 12.5. The van der Waals surface area contributed by atoms with E-state index in [4.69, 9.17) is 10.5 Å². The van der Waals surface area contributed by atoms with Gasteiger partial charge in [0, 0.05) is 24.3 Å². The van der Waals surface area contributed by atoms with Crippen molar-refractivity contribution in [2.45, 2.75) is 33.7 Å². The number of carbonyl (C=O) groups is 1. The molecule has 0 fully saturated rings. The fourth-order valence-electron chi connectivity index (χ4n) is 1.94. The zero-order chi connectivity index (χ0) is 14.6. The van der Waals surface area contributed by atoms with Gasteiger partial charge in [0.1, 0.15) is 5.75 Å². The van der Waals surface area contributed by atoms with E-state index in [1.165, 1.54) is 0 Å². The van der Waals surface area contributed by atoms with Gasteiger partial charge in [0.25, 0.3) is 5.91 Å². The molecule has 4 heteroatoms. The van der Waals surface area contributed by atoms with Crippen LogP contribution in [0, 0.1) is 5.92 Å². The van der Waals surface area contributed by atoms with Crippen LogP contribution in [-0.4, -0.2) is 30.5 Å². The Morgan fingerprint density at radius 1 is 1.32 bits per heavy atom. The number of anilines is 1. The summed E-state index contributed by atoms with van der Waals surface area (Å²) in [6.07, 6.45) is 0. The first-order chi connectivity index (χ1) is 8.86. The molecule has 1 aromatic carbocycles. The maximum absolute atomic E-state index is 12.5. The summed E-state index contributed by atoms with van der Waals surface area (Å²) in [5.74, 6) is 1.06. The van der Waals surface area contributed by atoms with Gasteiger partial charge in [0.05, 0.1) is 12.7 Å². The van der Waals surface area contributed by atoms with Crippen molar-refractivity contribution in [3.05, 3.63) is 23.8 Å². The van der Waals surface area contributed by atoms with E-state index in [-0.39, 0.29) is 11.9 Å². The summed E-state index contributed by atoms with van der Waals surface area (Å²) in [7, 11) is 1.58. The van der Waals surface area contributed by atoms with Crippen LogP contribution in [0.5, 0.6) is 5.75 Å². The van der Waals surface area contributed by atoms with E-state index < -0.39 is 0 Å². The molecule has 0 aliphatic carbocycles. The molecule has 0 bridgehead atoms. The van der Waals surface area contributed by atoms with Gasteiger partial charge >= 0.3 is 0 Å². The van der Waals surface area contributed by atoms with Crippen molar-refractivity contribution < 1.29 is 9.53 Å². The molecule has 0 unspecified atom stereocenters. The number of carbonyl (C=O) groups excluding carboxylic acids is 1. The molecule has 0 saturated heterocycles. The predicted octanol–water partition coefficient (Wildman–Crippen LogP) is 2.78. The van der Waals surface area contributed by atoms with Crippen LogP contribution in [0.25, 0.3) is 0 Å². The summed E-state index contributed by atoms with van der Waals surface area (Å²) in [5, 5.41) is 0. The number of benzene rings is 1. The highest BCUT2D eigenvalue weighted by molar-refractivity contribution is 5.99. The lowest BCUT2D eigenvalue weighted by Crippen LogP contribution is -2.39. The Labute approximate surface area is 115 Å². The van der Waals surface area contributed by atoms with Gasteiger partial charge in [-0.15, -0.1) is 0 Å². The second-order valence-corrected chi connectivity index (χ2v) is 5.40. The van der Waals surface area contributed by atoms with Crippen LogP contribution in [0.1, 0.15) is 38.1 Å². The van der Waals surface area contributed by atoms with Crippen LogP contribution < -0.4 is 10.5 Å². The lowest BCUT2D eigenvalue weighted by molar-refractivity contribution is 0.0683. The Kier molecular flexibility index (Phi) is 5.21. The van der Waals surface area contributed by atoms with E-state index in [0.29, 0.717) is 22.9 Å². The molecule has 1 amide bonds. The molecule has 0 aromatic heterocycles. The van der Waals surface area contributed by atoms with Gasteiger partial charge in [-0.2, -0.15) is 0 Å². The summed E-state index contributed by atoms with van der Waals surface area (Å²) in [6.45, 7) is 8.95. The average molecular weight is 264 g/mol. The first-order valence-electron chi connectivity index (χ1n) is 6.61. The largest absolute Gasteiger partial charge is 0.497 e. The summed E-state index contributed by atoms with van der Waals surface area (Å²) >= 11 is 0. The molecule has 19 heavy (non-hydrogen) atoms. The van der Waals surface area contributed by atoms with Crippen molar-refractivity contribution >= 4 is 11.6 Å². The molecule has 0 aliphatic rings. The van der Waals surface area contributed by atoms with Crippen molar-refractivity contribution in [3.8, 4) is 5.75 Å². The Morgan fingerprint density at radius 3 is 2.37 bits per heavy atom. The Morgan fingerprint density at radius 2 is 1.95 bits per heavy atom. The minimum absolute atomic E-state index is 0.0242. The summed E-state index contributed by atoms with van der Waals surface area (Å²) in [5.41, 5.74) is 6.93. The van der Waals surface area contributed by atoms with Crippen LogP contribution in [0.4, 0.5) is 5.69 Å². The topological polar surface area (TPSA) is 55.6 Å². The number of hydrogen-bond acceptors (Lipinski definition) is 3. The first kappa shape index (κ1) is 15.3. The molecule has 1 rings (SSSR count). The van der Waals surface area contributed by atoms with Crippen LogP contribution >= 0.6 is 0 Å². The quantitative estimate of drug-likeness (QED) is 0.832. The number of amides is 1. The van der Waals surface area contributed by atoms with Crippen LogP contribution in [-0.2, 0) is 0 Å². The number of rotatable bonds is 5. The Balaban J connectivity index is 3.02. The van der Waals surface area contributed by atoms with Gasteiger partial charge < -0.3 is 15.4 Å². The number of hydrogen-bond donors (Lipinski definition) is 1. The smallest absolute Gasteiger partial charge is 0.256 e. The molecule has 106 valence electrons. The third-order valence-corrected chi connectivity index (χ3v) is 2.94. The molecule has 0 atom stereocenters. The van der Waals surface area contributed by atoms with Gasteiger partial charge in [-0.25, -0.2) is 0 Å². The Hall–Kier alpha value is -1.71. The van der Waals surface area contributed by atoms with Crippen LogP contribution in [0.15, 0.2) is 18.2 Å². The highest BCUT2D eigenvalue weighted by Gasteiger charge is 2.21. The van der Waals surface area contributed by atoms with Crippen LogP contribution in [0.2, 0.25) is 0 Å². The predicted molar refractivity (Wildman–Crippen MR) is 78.4 cm³/mol. The molecule has 0 saturated carbocycles. The minimum atomic E-state index is -0.0242.